The van der Waals surface area contributed by atoms with Crippen LogP contribution in [0.1, 0.15) is 25.3 Å². The Morgan fingerprint density at radius 1 is 1.38 bits per heavy atom. The molecule has 1 aromatic carbocycles. The average Bonchev–Trinajstić information content (AvgIpc) is 2.75. The molecule has 0 bridgehead atoms. The van der Waals surface area contributed by atoms with E-state index in [4.69, 9.17) is 17.3 Å². The molecule has 0 aliphatic heterocycles. The van der Waals surface area contributed by atoms with Gasteiger partial charge in [0.25, 0.3) is 0 Å². The molecule has 1 nitrogen and oxygen atoms in total. The van der Waals surface area contributed by atoms with Crippen LogP contribution < -0.4 is 5.73 Å². The van der Waals surface area contributed by atoms with Crippen LogP contribution >= 0.6 is 11.6 Å². The van der Waals surface area contributed by atoms with Crippen molar-refractivity contribution >= 4 is 11.6 Å². The van der Waals surface area contributed by atoms with E-state index in [1.807, 2.05) is 13.8 Å². The van der Waals surface area contributed by atoms with Crippen molar-refractivity contribution < 1.29 is 8.78 Å². The molecule has 0 unspecified atom stereocenters. The van der Waals surface area contributed by atoms with Gasteiger partial charge in [0.2, 0.25) is 0 Å². The predicted octanol–water partition coefficient (Wildman–Crippen LogP) is 3.32. The molecule has 1 aromatic rings. The summed E-state index contributed by atoms with van der Waals surface area (Å²) < 4.78 is 27.4. The molecule has 16 heavy (non-hydrogen) atoms. The van der Waals surface area contributed by atoms with Crippen molar-refractivity contribution in [3.8, 4) is 0 Å². The van der Waals surface area contributed by atoms with E-state index in [-0.39, 0.29) is 27.8 Å². The summed E-state index contributed by atoms with van der Waals surface area (Å²) in [4.78, 5) is 0. The minimum atomic E-state index is -0.643. The SMILES string of the molecule is CC1(C)[C@@H](CN)[C@@H]1c1c(F)ccc(Cl)c1F. The van der Waals surface area contributed by atoms with Crippen molar-refractivity contribution in [3.05, 3.63) is 34.4 Å². The van der Waals surface area contributed by atoms with E-state index in [2.05, 4.69) is 0 Å². The predicted molar refractivity (Wildman–Crippen MR) is 60.4 cm³/mol. The van der Waals surface area contributed by atoms with Crippen LogP contribution in [0.2, 0.25) is 5.02 Å². The quantitative estimate of drug-likeness (QED) is 0.795. The maximum Gasteiger partial charge on any atom is 0.148 e. The van der Waals surface area contributed by atoms with Crippen LogP contribution in [0.5, 0.6) is 0 Å². The van der Waals surface area contributed by atoms with Crippen LogP contribution in [-0.4, -0.2) is 6.54 Å². The average molecular weight is 246 g/mol. The normalized spacial score (nSPS) is 26.9. The van der Waals surface area contributed by atoms with Crippen molar-refractivity contribution in [1.29, 1.82) is 0 Å². The number of rotatable bonds is 2. The first-order valence-electron chi connectivity index (χ1n) is 5.24. The van der Waals surface area contributed by atoms with Gasteiger partial charge in [0.15, 0.2) is 0 Å². The zero-order valence-electron chi connectivity index (χ0n) is 9.23. The van der Waals surface area contributed by atoms with Crippen LogP contribution in [0.15, 0.2) is 12.1 Å². The van der Waals surface area contributed by atoms with E-state index >= 15 is 0 Å². The van der Waals surface area contributed by atoms with Gasteiger partial charge in [-0.2, -0.15) is 0 Å². The lowest BCUT2D eigenvalue weighted by Gasteiger charge is -2.07. The van der Waals surface area contributed by atoms with Crippen LogP contribution in [0.25, 0.3) is 0 Å². The van der Waals surface area contributed by atoms with Crippen molar-refractivity contribution in [2.75, 3.05) is 6.54 Å². The summed E-state index contributed by atoms with van der Waals surface area (Å²) in [5.74, 6) is -1.22. The highest BCUT2D eigenvalue weighted by molar-refractivity contribution is 6.30. The van der Waals surface area contributed by atoms with E-state index in [1.54, 1.807) is 0 Å². The van der Waals surface area contributed by atoms with Crippen molar-refractivity contribution in [2.45, 2.75) is 19.8 Å². The van der Waals surface area contributed by atoms with E-state index in [9.17, 15) is 8.78 Å². The minimum Gasteiger partial charge on any atom is -0.330 e. The fourth-order valence-corrected chi connectivity index (χ4v) is 2.75. The molecule has 0 aromatic heterocycles. The minimum absolute atomic E-state index is 0.0325. The first-order valence-corrected chi connectivity index (χ1v) is 5.62. The Labute approximate surface area is 98.6 Å². The molecule has 4 heteroatoms. The highest BCUT2D eigenvalue weighted by Crippen LogP contribution is 2.64. The van der Waals surface area contributed by atoms with Gasteiger partial charge in [0.05, 0.1) is 5.02 Å². The third kappa shape index (κ3) is 1.54. The Morgan fingerprint density at radius 2 is 2.00 bits per heavy atom. The lowest BCUT2D eigenvalue weighted by atomic mass is 10.0. The molecule has 1 aliphatic carbocycles. The van der Waals surface area contributed by atoms with Gasteiger partial charge < -0.3 is 5.73 Å². The largest absolute Gasteiger partial charge is 0.330 e. The fourth-order valence-electron chi connectivity index (χ4n) is 2.58. The molecule has 1 fully saturated rings. The first kappa shape index (κ1) is 11.8. The summed E-state index contributed by atoms with van der Waals surface area (Å²) in [5.41, 5.74) is 5.54. The number of benzene rings is 1. The summed E-state index contributed by atoms with van der Waals surface area (Å²) >= 11 is 5.67. The Hall–Kier alpha value is -0.670. The molecule has 2 rings (SSSR count). The van der Waals surface area contributed by atoms with Gasteiger partial charge in [-0.25, -0.2) is 8.78 Å². The number of hydrogen-bond donors (Lipinski definition) is 1. The van der Waals surface area contributed by atoms with E-state index < -0.39 is 11.6 Å². The summed E-state index contributed by atoms with van der Waals surface area (Å²) in [6.45, 7) is 4.37. The first-order chi connectivity index (χ1) is 7.41. The molecule has 1 saturated carbocycles. The van der Waals surface area contributed by atoms with Crippen molar-refractivity contribution in [1.82, 2.24) is 0 Å². The molecule has 2 N–H and O–H groups in total. The molecule has 0 saturated heterocycles. The Bertz CT molecular complexity index is 431. The maximum absolute atomic E-state index is 13.8. The smallest absolute Gasteiger partial charge is 0.148 e. The summed E-state index contributed by atoms with van der Waals surface area (Å²) in [6, 6.07) is 2.45. The second-order valence-corrected chi connectivity index (χ2v) is 5.31. The summed E-state index contributed by atoms with van der Waals surface area (Å²) in [6.07, 6.45) is 0. The summed E-state index contributed by atoms with van der Waals surface area (Å²) in [7, 11) is 0. The Kier molecular flexibility index (Phi) is 2.71. The van der Waals surface area contributed by atoms with Gasteiger partial charge in [-0.1, -0.05) is 25.4 Å². The van der Waals surface area contributed by atoms with Gasteiger partial charge in [0.1, 0.15) is 11.6 Å². The lowest BCUT2D eigenvalue weighted by Crippen LogP contribution is -2.05. The Morgan fingerprint density at radius 3 is 2.50 bits per heavy atom. The van der Waals surface area contributed by atoms with Crippen LogP contribution in [0.3, 0.4) is 0 Å². The zero-order chi connectivity index (χ0) is 12.1. The summed E-state index contributed by atoms with van der Waals surface area (Å²) in [5, 5.41) is -0.0325. The molecule has 0 spiro atoms. The van der Waals surface area contributed by atoms with Gasteiger partial charge in [-0.3, -0.25) is 0 Å². The highest BCUT2D eigenvalue weighted by Gasteiger charge is 2.59. The van der Waals surface area contributed by atoms with Gasteiger partial charge in [-0.15, -0.1) is 0 Å². The second kappa shape index (κ2) is 3.67. The second-order valence-electron chi connectivity index (χ2n) is 4.90. The molecule has 0 radical (unpaired) electrons. The zero-order valence-corrected chi connectivity index (χ0v) is 9.98. The van der Waals surface area contributed by atoms with E-state index in [0.717, 1.165) is 0 Å². The van der Waals surface area contributed by atoms with E-state index in [0.29, 0.717) is 6.54 Å². The number of halogens is 3. The molecular weight excluding hydrogens is 232 g/mol. The van der Waals surface area contributed by atoms with Crippen LogP contribution in [-0.2, 0) is 0 Å². The standard InChI is InChI=1S/C12H14ClF2N/c1-12(2)6(5-16)10(12)9-8(14)4-3-7(13)11(9)15/h3-4,6,10H,5,16H2,1-2H3/t6-,10+/m0/s1. The molecule has 1 aliphatic rings. The molecular formula is C12H14ClF2N. The maximum atomic E-state index is 13.8. The topological polar surface area (TPSA) is 26.0 Å². The monoisotopic (exact) mass is 245 g/mol. The third-order valence-electron chi connectivity index (χ3n) is 3.69. The fraction of sp³-hybridized carbons (Fsp3) is 0.500. The van der Waals surface area contributed by atoms with Gasteiger partial charge in [0, 0.05) is 5.56 Å². The van der Waals surface area contributed by atoms with Crippen molar-refractivity contribution in [3.63, 3.8) is 0 Å². The molecule has 0 heterocycles. The Balaban J connectivity index is 2.47. The van der Waals surface area contributed by atoms with Crippen molar-refractivity contribution in [2.24, 2.45) is 17.1 Å². The number of nitrogens with two attached hydrogens (primary N) is 1. The van der Waals surface area contributed by atoms with Gasteiger partial charge in [-0.05, 0) is 35.9 Å². The van der Waals surface area contributed by atoms with E-state index in [1.165, 1.54) is 12.1 Å². The molecule has 2 atom stereocenters. The third-order valence-corrected chi connectivity index (χ3v) is 3.99. The van der Waals surface area contributed by atoms with Crippen LogP contribution in [0.4, 0.5) is 8.78 Å². The van der Waals surface area contributed by atoms with Crippen LogP contribution in [0, 0.1) is 23.0 Å². The lowest BCUT2D eigenvalue weighted by molar-refractivity contribution is 0.527. The number of hydrogen-bond acceptors (Lipinski definition) is 1. The highest BCUT2D eigenvalue weighted by atomic mass is 35.5. The molecule has 0 amide bonds. The van der Waals surface area contributed by atoms with Gasteiger partial charge >= 0.3 is 0 Å². The molecule has 88 valence electrons.